The third kappa shape index (κ3) is 2.02. The summed E-state index contributed by atoms with van der Waals surface area (Å²) in [5.41, 5.74) is 0.549. The summed E-state index contributed by atoms with van der Waals surface area (Å²) in [6.45, 7) is 0.888. The lowest BCUT2D eigenvalue weighted by Crippen LogP contribution is -1.99. The molecule has 5 heteroatoms. The summed E-state index contributed by atoms with van der Waals surface area (Å²) in [5.74, 6) is -0.205. The highest BCUT2D eigenvalue weighted by Gasteiger charge is 2.15. The van der Waals surface area contributed by atoms with E-state index >= 15 is 0 Å². The second-order valence-electron chi connectivity index (χ2n) is 3.81. The predicted octanol–water partition coefficient (Wildman–Crippen LogP) is 1.37. The number of aromatic hydroxyl groups is 1. The van der Waals surface area contributed by atoms with Gasteiger partial charge in [0.15, 0.2) is 5.78 Å². The number of carbonyl (C=O) groups is 1. The molecular weight excluding hydrogens is 224 g/mol. The summed E-state index contributed by atoms with van der Waals surface area (Å²) in [4.78, 5) is 11.2. The van der Waals surface area contributed by atoms with Crippen LogP contribution in [0.5, 0.6) is 5.75 Å². The summed E-state index contributed by atoms with van der Waals surface area (Å²) < 4.78 is 5.29. The fourth-order valence-corrected chi connectivity index (χ4v) is 1.63. The zero-order chi connectivity index (χ0) is 12.6. The topological polar surface area (TPSA) is 90.9 Å². The van der Waals surface area contributed by atoms with Crippen LogP contribution in [0.25, 0.3) is 11.0 Å². The van der Waals surface area contributed by atoms with Crippen LogP contribution in [0.4, 0.5) is 0 Å². The lowest BCUT2D eigenvalue weighted by Gasteiger charge is -2.00. The van der Waals surface area contributed by atoms with Gasteiger partial charge in [0.05, 0.1) is 12.2 Å². The summed E-state index contributed by atoms with van der Waals surface area (Å²) in [6.07, 6.45) is -1.11. The molecule has 0 fully saturated rings. The first-order chi connectivity index (χ1) is 8.02. The molecule has 2 aromatic rings. The number of aliphatic hydroxyl groups excluding tert-OH is 2. The Hall–Kier alpha value is -1.85. The molecule has 0 amide bonds. The number of Topliss-reactive ketones (excluding diaryl/α,β-unsaturated/α-hetero) is 1. The molecule has 5 nitrogen and oxygen atoms in total. The Morgan fingerprint density at radius 1 is 1.41 bits per heavy atom. The molecule has 90 valence electrons. The van der Waals surface area contributed by atoms with Gasteiger partial charge < -0.3 is 19.7 Å². The summed E-state index contributed by atoms with van der Waals surface area (Å²) in [7, 11) is 0. The first kappa shape index (κ1) is 11.6. The van der Waals surface area contributed by atoms with Gasteiger partial charge in [-0.15, -0.1) is 0 Å². The van der Waals surface area contributed by atoms with Crippen molar-refractivity contribution in [1.82, 2.24) is 0 Å². The van der Waals surface area contributed by atoms with Gasteiger partial charge in [0.2, 0.25) is 0 Å². The second-order valence-corrected chi connectivity index (χ2v) is 3.81. The lowest BCUT2D eigenvalue weighted by atomic mass is 10.1. The van der Waals surface area contributed by atoms with Gasteiger partial charge >= 0.3 is 0 Å². The Bertz CT molecular complexity index is 570. The van der Waals surface area contributed by atoms with Crippen molar-refractivity contribution < 1.29 is 24.5 Å². The number of phenolic OH excluding ortho intramolecular Hbond substituents is 1. The minimum Gasteiger partial charge on any atom is -0.507 e. The van der Waals surface area contributed by atoms with Crippen molar-refractivity contribution in [1.29, 1.82) is 0 Å². The number of phenols is 1. The van der Waals surface area contributed by atoms with Crippen molar-refractivity contribution in [2.45, 2.75) is 13.0 Å². The zero-order valence-corrected chi connectivity index (χ0v) is 9.17. The molecule has 1 heterocycles. The number of furan rings is 1. The smallest absolute Gasteiger partial charge is 0.163 e. The monoisotopic (exact) mass is 236 g/mol. The van der Waals surface area contributed by atoms with E-state index in [-0.39, 0.29) is 22.9 Å². The van der Waals surface area contributed by atoms with Gasteiger partial charge in [-0.1, -0.05) is 0 Å². The van der Waals surface area contributed by atoms with Crippen LogP contribution >= 0.6 is 0 Å². The van der Waals surface area contributed by atoms with E-state index < -0.39 is 12.7 Å². The van der Waals surface area contributed by atoms with E-state index in [1.54, 1.807) is 0 Å². The second kappa shape index (κ2) is 4.20. The molecule has 1 aromatic heterocycles. The lowest BCUT2D eigenvalue weighted by molar-refractivity contribution is 0.0789. The van der Waals surface area contributed by atoms with Gasteiger partial charge in [0.1, 0.15) is 23.2 Å². The first-order valence-corrected chi connectivity index (χ1v) is 5.09. The van der Waals surface area contributed by atoms with Gasteiger partial charge in [-0.25, -0.2) is 0 Å². The summed E-state index contributed by atoms with van der Waals surface area (Å²) in [6, 6.07) is 4.32. The molecule has 2 rings (SSSR count). The average molecular weight is 236 g/mol. The molecule has 0 saturated carbocycles. The van der Waals surface area contributed by atoms with Crippen molar-refractivity contribution in [3.63, 3.8) is 0 Å². The number of fused-ring (bicyclic) bond motifs is 1. The van der Waals surface area contributed by atoms with Gasteiger partial charge in [0.25, 0.3) is 0 Å². The highest BCUT2D eigenvalue weighted by Crippen LogP contribution is 2.29. The first-order valence-electron chi connectivity index (χ1n) is 5.09. The molecule has 0 aliphatic carbocycles. The highest BCUT2D eigenvalue weighted by atomic mass is 16.4. The van der Waals surface area contributed by atoms with Crippen LogP contribution in [-0.4, -0.2) is 27.7 Å². The minimum absolute atomic E-state index is 0.129. The largest absolute Gasteiger partial charge is 0.507 e. The van der Waals surface area contributed by atoms with Crippen molar-refractivity contribution in [3.8, 4) is 5.75 Å². The Kier molecular flexibility index (Phi) is 2.87. The van der Waals surface area contributed by atoms with Crippen molar-refractivity contribution >= 4 is 16.8 Å². The molecule has 0 unspecified atom stereocenters. The molecule has 1 aromatic carbocycles. The highest BCUT2D eigenvalue weighted by molar-refractivity contribution is 6.00. The van der Waals surface area contributed by atoms with Crippen LogP contribution < -0.4 is 0 Å². The van der Waals surface area contributed by atoms with Crippen molar-refractivity contribution in [2.75, 3.05) is 6.61 Å². The van der Waals surface area contributed by atoms with Crippen LogP contribution in [0.3, 0.4) is 0 Å². The van der Waals surface area contributed by atoms with E-state index in [0.717, 1.165) is 0 Å². The Morgan fingerprint density at radius 3 is 2.71 bits per heavy atom. The Balaban J connectivity index is 2.58. The van der Waals surface area contributed by atoms with Gasteiger partial charge in [0, 0.05) is 5.39 Å². The molecule has 0 aliphatic rings. The number of carbonyl (C=O) groups excluding carboxylic acids is 1. The number of aliphatic hydroxyl groups is 2. The van der Waals surface area contributed by atoms with E-state index in [2.05, 4.69) is 0 Å². The standard InChI is InChI=1S/C12H12O5/c1-6(14)8-4-11-7(2-9(8)15)3-12(17-11)10(16)5-13/h2-4,10,13,15-16H,5H2,1H3/t10-/m1/s1. The maximum atomic E-state index is 11.2. The number of hydrogen-bond acceptors (Lipinski definition) is 5. The molecule has 0 bridgehead atoms. The van der Waals surface area contributed by atoms with E-state index in [9.17, 15) is 15.0 Å². The van der Waals surface area contributed by atoms with Crippen molar-refractivity contribution in [2.24, 2.45) is 0 Å². The predicted molar refractivity (Wildman–Crippen MR) is 59.9 cm³/mol. The van der Waals surface area contributed by atoms with Crippen molar-refractivity contribution in [3.05, 3.63) is 29.5 Å². The van der Waals surface area contributed by atoms with Gasteiger partial charge in [-0.05, 0) is 25.1 Å². The SMILES string of the molecule is CC(=O)c1cc2oc([C@H](O)CO)cc2cc1O. The molecule has 0 spiro atoms. The number of rotatable bonds is 3. The van der Waals surface area contributed by atoms with E-state index in [1.165, 1.54) is 25.1 Å². The minimum atomic E-state index is -1.11. The molecule has 17 heavy (non-hydrogen) atoms. The van der Waals surface area contributed by atoms with E-state index in [1.807, 2.05) is 0 Å². The average Bonchev–Trinajstić information content (AvgIpc) is 2.69. The summed E-state index contributed by atoms with van der Waals surface area (Å²) >= 11 is 0. The Labute approximate surface area is 96.9 Å². The fraction of sp³-hybridized carbons (Fsp3) is 0.250. The van der Waals surface area contributed by atoms with E-state index in [0.29, 0.717) is 11.0 Å². The van der Waals surface area contributed by atoms with Crippen LogP contribution in [0.1, 0.15) is 29.1 Å². The molecule has 0 saturated heterocycles. The molecule has 0 aliphatic heterocycles. The number of ketones is 1. The summed E-state index contributed by atoms with van der Waals surface area (Å²) in [5, 5.41) is 28.4. The van der Waals surface area contributed by atoms with E-state index in [4.69, 9.17) is 9.52 Å². The third-order valence-electron chi connectivity index (χ3n) is 2.53. The van der Waals surface area contributed by atoms with Gasteiger partial charge in [-0.3, -0.25) is 4.79 Å². The van der Waals surface area contributed by atoms with Crippen LogP contribution in [0.2, 0.25) is 0 Å². The van der Waals surface area contributed by atoms with Crippen LogP contribution in [-0.2, 0) is 0 Å². The molecule has 0 radical (unpaired) electrons. The third-order valence-corrected chi connectivity index (χ3v) is 2.53. The maximum Gasteiger partial charge on any atom is 0.163 e. The Morgan fingerprint density at radius 2 is 2.12 bits per heavy atom. The molecular formula is C12H12O5. The molecule has 3 N–H and O–H groups in total. The fourth-order valence-electron chi connectivity index (χ4n) is 1.63. The normalized spacial score (nSPS) is 12.9. The van der Waals surface area contributed by atoms with Gasteiger partial charge in [-0.2, -0.15) is 0 Å². The quantitative estimate of drug-likeness (QED) is 0.700. The maximum absolute atomic E-state index is 11.2. The van der Waals surface area contributed by atoms with Crippen LogP contribution in [0, 0.1) is 0 Å². The van der Waals surface area contributed by atoms with Crippen LogP contribution in [0.15, 0.2) is 22.6 Å². The molecule has 1 atom stereocenters. The zero-order valence-electron chi connectivity index (χ0n) is 9.17. The number of hydrogen-bond donors (Lipinski definition) is 3. The number of benzene rings is 1.